The van der Waals surface area contributed by atoms with Gasteiger partial charge in [-0.3, -0.25) is 4.79 Å². The smallest absolute Gasteiger partial charge is 0.339 e. The van der Waals surface area contributed by atoms with Gasteiger partial charge in [-0.05, 0) is 55.0 Å². The molecule has 0 atom stereocenters. The molecule has 0 aliphatic carbocycles. The number of aromatic carboxylic acids is 1. The third-order valence-electron chi connectivity index (χ3n) is 4.04. The number of carboxylic acid groups (broad SMARTS) is 1. The Balaban J connectivity index is 1.75. The van der Waals surface area contributed by atoms with Crippen LogP contribution in [0, 0.1) is 6.92 Å². The van der Waals surface area contributed by atoms with Gasteiger partial charge in [-0.15, -0.1) is 0 Å². The first-order chi connectivity index (χ1) is 13.8. The fourth-order valence-corrected chi connectivity index (χ4v) is 3.03. The topological polar surface area (TPSA) is 99.8 Å². The first-order valence-electron chi connectivity index (χ1n) is 8.36. The van der Waals surface area contributed by atoms with Crippen LogP contribution in [0.2, 0.25) is 10.0 Å². The zero-order chi connectivity index (χ0) is 21.1. The normalized spacial score (nSPS) is 11.0. The van der Waals surface area contributed by atoms with Crippen LogP contribution in [0.25, 0.3) is 17.4 Å². The lowest BCUT2D eigenvalue weighted by molar-refractivity contribution is -0.111. The van der Waals surface area contributed by atoms with Gasteiger partial charge in [0.2, 0.25) is 5.91 Å². The molecule has 0 fully saturated rings. The lowest BCUT2D eigenvalue weighted by Gasteiger charge is -2.08. The Morgan fingerprint density at radius 1 is 1.14 bits per heavy atom. The SMILES string of the molecule is Cc1cc(NC(=O)/C=C/c2ccc(-c3cccc(Cl)c3Cl)o2)cc(C(=O)O)c1O. The van der Waals surface area contributed by atoms with Gasteiger partial charge in [0.1, 0.15) is 22.8 Å². The monoisotopic (exact) mass is 431 g/mol. The number of carbonyl (C=O) groups is 2. The van der Waals surface area contributed by atoms with Gasteiger partial charge < -0.3 is 19.9 Å². The second kappa shape index (κ2) is 8.43. The number of hydrogen-bond donors (Lipinski definition) is 3. The predicted octanol–water partition coefficient (Wildman–Crippen LogP) is 5.62. The largest absolute Gasteiger partial charge is 0.507 e. The van der Waals surface area contributed by atoms with E-state index in [2.05, 4.69) is 5.32 Å². The molecule has 29 heavy (non-hydrogen) atoms. The van der Waals surface area contributed by atoms with Gasteiger partial charge in [-0.25, -0.2) is 4.79 Å². The maximum atomic E-state index is 12.2. The molecule has 2 aromatic carbocycles. The van der Waals surface area contributed by atoms with Crippen LogP contribution >= 0.6 is 23.2 Å². The lowest BCUT2D eigenvalue weighted by Crippen LogP contribution is -2.09. The van der Waals surface area contributed by atoms with Crippen molar-refractivity contribution in [3.63, 3.8) is 0 Å². The number of phenols is 1. The van der Waals surface area contributed by atoms with Crippen LogP contribution in [0.3, 0.4) is 0 Å². The molecular formula is C21H15Cl2NO5. The fraction of sp³-hybridized carbons (Fsp3) is 0.0476. The molecule has 0 saturated carbocycles. The summed E-state index contributed by atoms with van der Waals surface area (Å²) in [6.07, 6.45) is 2.70. The van der Waals surface area contributed by atoms with Gasteiger partial charge in [0.25, 0.3) is 0 Å². The summed E-state index contributed by atoms with van der Waals surface area (Å²) >= 11 is 12.2. The summed E-state index contributed by atoms with van der Waals surface area (Å²) < 4.78 is 5.67. The molecule has 3 aromatic rings. The van der Waals surface area contributed by atoms with Crippen LogP contribution in [0.4, 0.5) is 5.69 Å². The number of anilines is 1. The zero-order valence-electron chi connectivity index (χ0n) is 15.1. The molecule has 1 amide bonds. The van der Waals surface area contributed by atoms with Crippen LogP contribution in [0.15, 0.2) is 53.0 Å². The number of rotatable bonds is 5. The van der Waals surface area contributed by atoms with Gasteiger partial charge >= 0.3 is 5.97 Å². The van der Waals surface area contributed by atoms with E-state index >= 15 is 0 Å². The van der Waals surface area contributed by atoms with Crippen molar-refractivity contribution in [1.82, 2.24) is 0 Å². The average molecular weight is 432 g/mol. The highest BCUT2D eigenvalue weighted by molar-refractivity contribution is 6.43. The Morgan fingerprint density at radius 2 is 1.90 bits per heavy atom. The first kappa shape index (κ1) is 20.5. The number of aryl methyl sites for hydroxylation is 1. The minimum atomic E-state index is -1.29. The molecule has 6 nitrogen and oxygen atoms in total. The fourth-order valence-electron chi connectivity index (χ4n) is 2.64. The molecule has 0 radical (unpaired) electrons. The zero-order valence-corrected chi connectivity index (χ0v) is 16.6. The summed E-state index contributed by atoms with van der Waals surface area (Å²) in [4.78, 5) is 23.3. The number of halogens is 2. The molecule has 0 aliphatic rings. The average Bonchev–Trinajstić information content (AvgIpc) is 3.13. The maximum Gasteiger partial charge on any atom is 0.339 e. The van der Waals surface area contributed by atoms with Crippen LogP contribution in [-0.4, -0.2) is 22.1 Å². The number of amides is 1. The minimum absolute atomic E-state index is 0.248. The van der Waals surface area contributed by atoms with E-state index < -0.39 is 11.9 Å². The van der Waals surface area contributed by atoms with E-state index in [1.807, 2.05) is 0 Å². The Bertz CT molecular complexity index is 1130. The Labute approximate surface area is 176 Å². The van der Waals surface area contributed by atoms with Crippen LogP contribution in [0.1, 0.15) is 21.7 Å². The molecule has 0 bridgehead atoms. The van der Waals surface area contributed by atoms with Crippen molar-refractivity contribution in [3.05, 3.63) is 75.5 Å². The third kappa shape index (κ3) is 4.62. The van der Waals surface area contributed by atoms with Crippen molar-refractivity contribution < 1.29 is 24.2 Å². The molecule has 1 aromatic heterocycles. The van der Waals surface area contributed by atoms with E-state index in [1.165, 1.54) is 24.3 Å². The van der Waals surface area contributed by atoms with Gasteiger partial charge in [0.15, 0.2) is 0 Å². The summed E-state index contributed by atoms with van der Waals surface area (Å²) in [5, 5.41) is 22.2. The number of carboxylic acids is 1. The van der Waals surface area contributed by atoms with Crippen molar-refractivity contribution in [2.45, 2.75) is 6.92 Å². The summed E-state index contributed by atoms with van der Waals surface area (Å²) in [6.45, 7) is 1.54. The highest BCUT2D eigenvalue weighted by atomic mass is 35.5. The van der Waals surface area contributed by atoms with E-state index in [0.717, 1.165) is 0 Å². The molecule has 0 aliphatic heterocycles. The number of benzene rings is 2. The lowest BCUT2D eigenvalue weighted by atomic mass is 10.1. The van der Waals surface area contributed by atoms with E-state index in [9.17, 15) is 14.7 Å². The summed E-state index contributed by atoms with van der Waals surface area (Å²) in [5.74, 6) is -1.21. The number of nitrogens with one attached hydrogen (secondary N) is 1. The Kier molecular flexibility index (Phi) is 5.96. The van der Waals surface area contributed by atoms with Crippen molar-refractivity contribution in [3.8, 4) is 17.1 Å². The standard InChI is InChI=1S/C21H15Cl2NO5/c1-11-9-12(10-15(20(11)26)21(27)28)24-18(25)8-6-13-5-7-17(29-13)14-3-2-4-16(22)19(14)23/h2-10,26H,1H3,(H,24,25)(H,27,28)/b8-6+. The first-order valence-corrected chi connectivity index (χ1v) is 9.12. The quantitative estimate of drug-likeness (QED) is 0.359. The minimum Gasteiger partial charge on any atom is -0.507 e. The summed E-state index contributed by atoms with van der Waals surface area (Å²) in [5.41, 5.74) is 0.916. The van der Waals surface area contributed by atoms with Gasteiger partial charge in [-0.2, -0.15) is 0 Å². The van der Waals surface area contributed by atoms with E-state index in [1.54, 1.807) is 37.3 Å². The molecule has 0 saturated heterocycles. The van der Waals surface area contributed by atoms with E-state index in [-0.39, 0.29) is 17.0 Å². The second-order valence-corrected chi connectivity index (χ2v) is 6.91. The van der Waals surface area contributed by atoms with Crippen molar-refractivity contribution in [1.29, 1.82) is 0 Å². The number of furan rings is 1. The highest BCUT2D eigenvalue weighted by Gasteiger charge is 2.14. The van der Waals surface area contributed by atoms with E-state index in [4.69, 9.17) is 32.7 Å². The molecule has 3 rings (SSSR count). The Morgan fingerprint density at radius 3 is 2.62 bits per heavy atom. The molecule has 1 heterocycles. The van der Waals surface area contributed by atoms with Gasteiger partial charge in [0, 0.05) is 17.3 Å². The molecule has 148 valence electrons. The predicted molar refractivity (Wildman–Crippen MR) is 112 cm³/mol. The number of carbonyl (C=O) groups excluding carboxylic acids is 1. The second-order valence-electron chi connectivity index (χ2n) is 6.12. The number of aromatic hydroxyl groups is 1. The molecule has 0 spiro atoms. The van der Waals surface area contributed by atoms with Crippen LogP contribution in [-0.2, 0) is 4.79 Å². The van der Waals surface area contributed by atoms with Crippen LogP contribution < -0.4 is 5.32 Å². The molecule has 3 N–H and O–H groups in total. The molecule has 0 unspecified atom stereocenters. The third-order valence-corrected chi connectivity index (χ3v) is 4.86. The highest BCUT2D eigenvalue weighted by Crippen LogP contribution is 2.34. The van der Waals surface area contributed by atoms with Gasteiger partial charge in [-0.1, -0.05) is 29.3 Å². The molecular weight excluding hydrogens is 417 g/mol. The van der Waals surface area contributed by atoms with Crippen molar-refractivity contribution >= 4 is 46.8 Å². The van der Waals surface area contributed by atoms with Crippen molar-refractivity contribution in [2.24, 2.45) is 0 Å². The van der Waals surface area contributed by atoms with Crippen LogP contribution in [0.5, 0.6) is 5.75 Å². The van der Waals surface area contributed by atoms with Crippen molar-refractivity contribution in [2.75, 3.05) is 5.32 Å². The summed E-state index contributed by atoms with van der Waals surface area (Å²) in [6, 6.07) is 11.2. The maximum absolute atomic E-state index is 12.2. The van der Waals surface area contributed by atoms with E-state index in [0.29, 0.717) is 32.7 Å². The van der Waals surface area contributed by atoms with Gasteiger partial charge in [0.05, 0.1) is 10.0 Å². The Hall–Kier alpha value is -3.22. The number of hydrogen-bond acceptors (Lipinski definition) is 4. The summed E-state index contributed by atoms with van der Waals surface area (Å²) in [7, 11) is 0. The molecule has 8 heteroatoms.